The molecule has 7 N–H and O–H groups in total. The third-order valence-electron chi connectivity index (χ3n) is 9.57. The Balaban J connectivity index is 0.00000744. The van der Waals surface area contributed by atoms with Crippen molar-refractivity contribution >= 4 is 64.9 Å². The van der Waals surface area contributed by atoms with E-state index >= 15 is 0 Å². The lowest BCUT2D eigenvalue weighted by molar-refractivity contribution is -0.145. The lowest BCUT2D eigenvalue weighted by Gasteiger charge is -2.21. The van der Waals surface area contributed by atoms with Crippen LogP contribution in [0.25, 0.3) is 0 Å². The van der Waals surface area contributed by atoms with Gasteiger partial charge in [-0.2, -0.15) is 0 Å². The number of esters is 1. The molecule has 5 heterocycles. The molecule has 312 valence electrons. The number of aryl methyl sites for hydroxylation is 4. The maximum absolute atomic E-state index is 13.3. The van der Waals surface area contributed by atoms with Gasteiger partial charge in [0.05, 0.1) is 29.5 Å². The van der Waals surface area contributed by atoms with Gasteiger partial charge in [-0.05, 0) is 44.4 Å². The summed E-state index contributed by atoms with van der Waals surface area (Å²) in [6, 6.07) is 6.16. The smallest absolute Gasteiger partial charge is 0.334 e. The average Bonchev–Trinajstić information content (AvgIpc) is 3.93. The third kappa shape index (κ3) is 11.4. The molecule has 58 heavy (non-hydrogen) atoms. The number of carbonyl (C=O) groups excluding carboxylic acids is 5. The van der Waals surface area contributed by atoms with Crippen molar-refractivity contribution in [3.8, 4) is 5.88 Å². The normalized spacial score (nSPS) is 14.7. The Labute approximate surface area is 342 Å². The van der Waals surface area contributed by atoms with Crippen LogP contribution in [0.15, 0.2) is 55.0 Å². The van der Waals surface area contributed by atoms with Crippen molar-refractivity contribution in [2.24, 2.45) is 33.9 Å². The van der Waals surface area contributed by atoms with Crippen LogP contribution < -0.4 is 31.7 Å². The van der Waals surface area contributed by atoms with Gasteiger partial charge >= 0.3 is 5.97 Å². The number of amides is 4. The number of halogens is 1. The summed E-state index contributed by atoms with van der Waals surface area (Å²) in [5.41, 5.74) is 7.71. The minimum Gasteiger partial charge on any atom is -0.477 e. The molecule has 0 bridgehead atoms. The van der Waals surface area contributed by atoms with Crippen LogP contribution in [0.4, 0.5) is 17.1 Å². The highest BCUT2D eigenvalue weighted by Crippen LogP contribution is 2.34. The number of carbonyl (C=O) groups is 5. The molecule has 19 heteroatoms. The second-order valence-electron chi connectivity index (χ2n) is 14.5. The molecular formula is C39H52ClN11O7. The molecule has 0 spiro atoms. The Kier molecular flexibility index (Phi) is 14.7. The van der Waals surface area contributed by atoms with Gasteiger partial charge in [-0.3, -0.25) is 29.3 Å². The van der Waals surface area contributed by atoms with Gasteiger partial charge < -0.3 is 50.2 Å². The zero-order valence-corrected chi connectivity index (χ0v) is 34.2. The van der Waals surface area contributed by atoms with E-state index in [4.69, 9.17) is 20.6 Å². The fourth-order valence-corrected chi connectivity index (χ4v) is 6.59. The highest BCUT2D eigenvalue weighted by atomic mass is 35.5. The van der Waals surface area contributed by atoms with Crippen molar-refractivity contribution in [3.63, 3.8) is 0 Å². The van der Waals surface area contributed by atoms with Crippen LogP contribution in [-0.2, 0) is 37.7 Å². The highest BCUT2D eigenvalue weighted by molar-refractivity contribution is 6.08. The first-order chi connectivity index (χ1) is 27.0. The molecule has 4 amide bonds. The van der Waals surface area contributed by atoms with Gasteiger partial charge in [-0.15, -0.1) is 17.5 Å². The van der Waals surface area contributed by atoms with E-state index in [1.165, 1.54) is 22.9 Å². The largest absolute Gasteiger partial charge is 0.477 e. The second-order valence-corrected chi connectivity index (χ2v) is 14.5. The van der Waals surface area contributed by atoms with Crippen LogP contribution in [0.2, 0.25) is 0 Å². The van der Waals surface area contributed by atoms with Gasteiger partial charge in [0.2, 0.25) is 5.88 Å². The van der Waals surface area contributed by atoms with E-state index in [-0.39, 0.29) is 60.2 Å². The molecule has 1 atom stereocenters. The molecule has 1 saturated heterocycles. The predicted molar refractivity (Wildman–Crippen MR) is 221 cm³/mol. The summed E-state index contributed by atoms with van der Waals surface area (Å²) >= 11 is 0. The van der Waals surface area contributed by atoms with Gasteiger partial charge in [-0.25, -0.2) is 4.79 Å². The standard InChI is InChI=1S/C39H51N11O7.ClH/c1-24-20-39(2,57-38(24)55)13-10-8-7-9-11-15-56-33-19-31(50(6)46-33)37(54)45-27-18-30(49(5)23-27)36(53)44-26-17-29(48(4)22-26)35(52)43-25-16-28(47(3)21-25)34(51)42-14-12-32(40)41;/h16-19,21-23H,1,7-15,20H2,2-6H3,(H3,40,41)(H,42,51)(H,43,52)(H,44,53)(H,45,54);1H. The summed E-state index contributed by atoms with van der Waals surface area (Å²) in [6.45, 7) is 6.39. The summed E-state index contributed by atoms with van der Waals surface area (Å²) in [6.07, 6.45) is 11.2. The number of rotatable bonds is 19. The quantitative estimate of drug-likeness (QED) is 0.0254. The topological polar surface area (TPSA) is 234 Å². The number of hydrogen-bond donors (Lipinski definition) is 6. The monoisotopic (exact) mass is 821 g/mol. The summed E-state index contributed by atoms with van der Waals surface area (Å²) in [5, 5.41) is 22.7. The zero-order chi connectivity index (χ0) is 41.4. The summed E-state index contributed by atoms with van der Waals surface area (Å²) < 4.78 is 17.4. The van der Waals surface area contributed by atoms with Gasteiger partial charge in [0.1, 0.15) is 28.4 Å². The molecule has 1 aliphatic heterocycles. The molecule has 1 unspecified atom stereocenters. The number of nitrogens with two attached hydrogens (primary N) is 1. The molecular weight excluding hydrogens is 770 g/mol. The average molecular weight is 822 g/mol. The van der Waals surface area contributed by atoms with Crippen LogP contribution in [0.5, 0.6) is 5.88 Å². The number of amidine groups is 1. The zero-order valence-electron chi connectivity index (χ0n) is 33.4. The maximum Gasteiger partial charge on any atom is 0.334 e. The van der Waals surface area contributed by atoms with E-state index in [9.17, 15) is 24.0 Å². The molecule has 0 saturated carbocycles. The first-order valence-corrected chi connectivity index (χ1v) is 18.6. The van der Waals surface area contributed by atoms with E-state index < -0.39 is 23.3 Å². The summed E-state index contributed by atoms with van der Waals surface area (Å²) in [4.78, 5) is 63.8. The molecule has 4 aromatic rings. The Morgan fingerprint density at radius 2 is 1.29 bits per heavy atom. The molecule has 1 aliphatic rings. The minimum atomic E-state index is -0.463. The molecule has 0 aromatic carbocycles. The summed E-state index contributed by atoms with van der Waals surface area (Å²) in [5.74, 6) is -1.72. The van der Waals surface area contributed by atoms with Crippen molar-refractivity contribution in [2.75, 3.05) is 29.1 Å². The van der Waals surface area contributed by atoms with Crippen molar-refractivity contribution in [2.45, 2.75) is 63.9 Å². The molecule has 0 aliphatic carbocycles. The Morgan fingerprint density at radius 1 is 0.810 bits per heavy atom. The molecule has 0 radical (unpaired) electrons. The van der Waals surface area contributed by atoms with Crippen molar-refractivity contribution in [1.29, 1.82) is 5.41 Å². The molecule has 18 nitrogen and oxygen atoms in total. The molecule has 1 fully saturated rings. The lowest BCUT2D eigenvalue weighted by atomic mass is 9.93. The number of nitrogens with zero attached hydrogens (tertiary/aromatic N) is 5. The van der Waals surface area contributed by atoms with Crippen LogP contribution in [0.1, 0.15) is 100 Å². The number of nitrogens with one attached hydrogen (secondary N) is 5. The Bertz CT molecular complexity index is 2180. The SMILES string of the molecule is C=C1CC(C)(CCCCCCCOc2cc(C(=O)Nc3cc(C(=O)Nc4cc(C(=O)Nc5cc(C(=O)NCCC(=N)N)n(C)c5)n(C)c4)n(C)c3)n(C)n2)OC1=O.Cl. The van der Waals surface area contributed by atoms with Gasteiger partial charge in [0.25, 0.3) is 23.6 Å². The molecule has 5 rings (SSSR count). The highest BCUT2D eigenvalue weighted by Gasteiger charge is 2.37. The first kappa shape index (κ1) is 44.4. The van der Waals surface area contributed by atoms with E-state index in [0.717, 1.165) is 38.5 Å². The number of aromatic nitrogens is 5. The second kappa shape index (κ2) is 19.2. The van der Waals surface area contributed by atoms with E-state index in [1.54, 1.807) is 66.5 Å². The summed E-state index contributed by atoms with van der Waals surface area (Å²) in [7, 11) is 6.65. The third-order valence-corrected chi connectivity index (χ3v) is 9.57. The Morgan fingerprint density at radius 3 is 1.79 bits per heavy atom. The fourth-order valence-electron chi connectivity index (χ4n) is 6.59. The minimum absolute atomic E-state index is 0. The fraction of sp³-hybridized carbons (Fsp3) is 0.410. The van der Waals surface area contributed by atoms with Crippen LogP contribution in [0.3, 0.4) is 0 Å². The van der Waals surface area contributed by atoms with Crippen LogP contribution >= 0.6 is 12.4 Å². The predicted octanol–water partition coefficient (Wildman–Crippen LogP) is 4.65. The number of unbranched alkanes of at least 4 members (excludes halogenated alkanes) is 4. The van der Waals surface area contributed by atoms with Crippen molar-refractivity contribution < 1.29 is 33.4 Å². The number of hydrogen-bond acceptors (Lipinski definition) is 9. The van der Waals surface area contributed by atoms with E-state index in [2.05, 4.69) is 32.9 Å². The number of cyclic esters (lactones) is 1. The van der Waals surface area contributed by atoms with E-state index in [0.29, 0.717) is 47.2 Å². The van der Waals surface area contributed by atoms with Gasteiger partial charge in [0.15, 0.2) is 0 Å². The van der Waals surface area contributed by atoms with Gasteiger partial charge in [0, 0.05) is 77.8 Å². The van der Waals surface area contributed by atoms with Crippen molar-refractivity contribution in [3.05, 3.63) is 77.8 Å². The van der Waals surface area contributed by atoms with Gasteiger partial charge in [-0.1, -0.05) is 25.8 Å². The van der Waals surface area contributed by atoms with E-state index in [1.807, 2.05) is 6.92 Å². The Hall–Kier alpha value is -6.30. The van der Waals surface area contributed by atoms with Crippen molar-refractivity contribution in [1.82, 2.24) is 28.8 Å². The molecule has 4 aromatic heterocycles. The van der Waals surface area contributed by atoms with Crippen LogP contribution in [0, 0.1) is 5.41 Å². The number of ether oxygens (including phenoxy) is 2. The maximum atomic E-state index is 13.3. The van der Waals surface area contributed by atoms with Crippen LogP contribution in [-0.4, -0.2) is 77.7 Å². The first-order valence-electron chi connectivity index (χ1n) is 18.6. The number of anilines is 3. The lowest BCUT2D eigenvalue weighted by Crippen LogP contribution is -2.28.